The van der Waals surface area contributed by atoms with Gasteiger partial charge in [-0.3, -0.25) is 0 Å². The van der Waals surface area contributed by atoms with Crippen LogP contribution in [0.1, 0.15) is 26.7 Å². The fraction of sp³-hybridized carbons (Fsp3) is 0.846. The number of aliphatic carboxylic acids is 1. The van der Waals surface area contributed by atoms with E-state index in [1.807, 2.05) is 13.8 Å². The zero-order valence-electron chi connectivity index (χ0n) is 12.3. The number of hydrogen-bond donors (Lipinski definition) is 2. The topological polar surface area (TPSA) is 90.3 Å². The summed E-state index contributed by atoms with van der Waals surface area (Å²) in [5, 5.41) is 18.1. The van der Waals surface area contributed by atoms with E-state index in [0.717, 1.165) is 0 Å². The third-order valence-electron chi connectivity index (χ3n) is 3.55. The summed E-state index contributed by atoms with van der Waals surface area (Å²) in [5.74, 6) is -1.01. The van der Waals surface area contributed by atoms with E-state index in [2.05, 4.69) is 0 Å². The average Bonchev–Trinajstić information content (AvgIpc) is 2.82. The molecule has 7 heteroatoms. The highest BCUT2D eigenvalue weighted by Crippen LogP contribution is 2.22. The zero-order chi connectivity index (χ0) is 15.3. The lowest BCUT2D eigenvalue weighted by Crippen LogP contribution is -2.50. The number of likely N-dealkylation sites (tertiary alicyclic amines) is 1. The molecule has 116 valence electrons. The molecule has 1 heterocycles. The van der Waals surface area contributed by atoms with Crippen LogP contribution in [0.5, 0.6) is 0 Å². The lowest BCUT2D eigenvalue weighted by molar-refractivity contribution is -0.141. The first-order chi connectivity index (χ1) is 9.42. The van der Waals surface area contributed by atoms with Crippen LogP contribution >= 0.6 is 0 Å². The summed E-state index contributed by atoms with van der Waals surface area (Å²) in [6.45, 7) is 4.44. The Balaban J connectivity index is 2.82. The molecular weight excluding hydrogens is 264 g/mol. The Morgan fingerprint density at radius 2 is 2.10 bits per heavy atom. The first kappa shape index (κ1) is 16.7. The van der Waals surface area contributed by atoms with Crippen molar-refractivity contribution < 1.29 is 24.5 Å². The van der Waals surface area contributed by atoms with E-state index < -0.39 is 12.0 Å². The second kappa shape index (κ2) is 7.44. The van der Waals surface area contributed by atoms with E-state index in [0.29, 0.717) is 19.4 Å². The summed E-state index contributed by atoms with van der Waals surface area (Å²) in [6.07, 6.45) is 0.541. The highest BCUT2D eigenvalue weighted by molar-refractivity contribution is 5.83. The second-order valence-corrected chi connectivity index (χ2v) is 5.25. The molecule has 7 nitrogen and oxygen atoms in total. The Kier molecular flexibility index (Phi) is 6.22. The predicted molar refractivity (Wildman–Crippen MR) is 72.5 cm³/mol. The van der Waals surface area contributed by atoms with Crippen LogP contribution in [0.4, 0.5) is 4.79 Å². The Morgan fingerprint density at radius 3 is 2.55 bits per heavy atom. The molecule has 1 aliphatic rings. The average molecular weight is 288 g/mol. The SMILES string of the molecule is COC1CC(C(=O)O)N(C(=O)N(CCCO)C(C)C)C1. The Labute approximate surface area is 119 Å². The molecule has 2 unspecified atom stereocenters. The maximum atomic E-state index is 12.5. The van der Waals surface area contributed by atoms with Crippen LogP contribution in [-0.2, 0) is 9.53 Å². The van der Waals surface area contributed by atoms with Gasteiger partial charge in [0.1, 0.15) is 6.04 Å². The summed E-state index contributed by atoms with van der Waals surface area (Å²) >= 11 is 0. The first-order valence-corrected chi connectivity index (χ1v) is 6.86. The number of ether oxygens (including phenoxy) is 1. The van der Waals surface area contributed by atoms with E-state index in [1.54, 1.807) is 4.90 Å². The number of nitrogens with zero attached hydrogens (tertiary/aromatic N) is 2. The van der Waals surface area contributed by atoms with Crippen molar-refractivity contribution in [1.29, 1.82) is 0 Å². The van der Waals surface area contributed by atoms with Gasteiger partial charge >= 0.3 is 12.0 Å². The van der Waals surface area contributed by atoms with Crippen molar-refractivity contribution in [1.82, 2.24) is 9.80 Å². The monoisotopic (exact) mass is 288 g/mol. The third-order valence-corrected chi connectivity index (χ3v) is 3.55. The zero-order valence-corrected chi connectivity index (χ0v) is 12.3. The lowest BCUT2D eigenvalue weighted by atomic mass is 10.2. The van der Waals surface area contributed by atoms with Gasteiger partial charge in [-0.15, -0.1) is 0 Å². The van der Waals surface area contributed by atoms with Gasteiger partial charge in [-0.05, 0) is 20.3 Å². The number of methoxy groups -OCH3 is 1. The van der Waals surface area contributed by atoms with Crippen molar-refractivity contribution in [3.8, 4) is 0 Å². The molecule has 2 amide bonds. The van der Waals surface area contributed by atoms with E-state index in [1.165, 1.54) is 12.0 Å². The lowest BCUT2D eigenvalue weighted by Gasteiger charge is -2.33. The first-order valence-electron chi connectivity index (χ1n) is 6.86. The van der Waals surface area contributed by atoms with Crippen molar-refractivity contribution in [3.63, 3.8) is 0 Å². The molecule has 2 atom stereocenters. The minimum Gasteiger partial charge on any atom is -0.480 e. The van der Waals surface area contributed by atoms with Gasteiger partial charge in [0.15, 0.2) is 0 Å². The van der Waals surface area contributed by atoms with Crippen molar-refractivity contribution in [2.45, 2.75) is 44.9 Å². The molecular formula is C13H24N2O5. The maximum absolute atomic E-state index is 12.5. The minimum absolute atomic E-state index is 0.000441. The van der Waals surface area contributed by atoms with E-state index >= 15 is 0 Å². The van der Waals surface area contributed by atoms with Crippen molar-refractivity contribution >= 4 is 12.0 Å². The van der Waals surface area contributed by atoms with E-state index in [9.17, 15) is 14.7 Å². The molecule has 1 aliphatic heterocycles. The number of rotatable bonds is 6. The highest BCUT2D eigenvalue weighted by Gasteiger charge is 2.41. The van der Waals surface area contributed by atoms with Crippen molar-refractivity contribution in [2.24, 2.45) is 0 Å². The molecule has 0 spiro atoms. The normalized spacial score (nSPS) is 22.4. The van der Waals surface area contributed by atoms with Gasteiger partial charge in [0, 0.05) is 39.3 Å². The van der Waals surface area contributed by atoms with Crippen LogP contribution < -0.4 is 0 Å². The summed E-state index contributed by atoms with van der Waals surface area (Å²) < 4.78 is 5.18. The number of aliphatic hydroxyl groups is 1. The largest absolute Gasteiger partial charge is 0.480 e. The molecule has 0 saturated carbocycles. The van der Waals surface area contributed by atoms with Crippen molar-refractivity contribution in [2.75, 3.05) is 26.8 Å². The molecule has 1 fully saturated rings. The van der Waals surface area contributed by atoms with Crippen LogP contribution in [0.2, 0.25) is 0 Å². The molecule has 2 N–H and O–H groups in total. The summed E-state index contributed by atoms with van der Waals surface area (Å²) in [6, 6.07) is -1.20. The highest BCUT2D eigenvalue weighted by atomic mass is 16.5. The molecule has 1 saturated heterocycles. The smallest absolute Gasteiger partial charge is 0.326 e. The summed E-state index contributed by atoms with van der Waals surface area (Å²) in [5.41, 5.74) is 0. The predicted octanol–water partition coefficient (Wildman–Crippen LogP) is 0.373. The quantitative estimate of drug-likeness (QED) is 0.737. The Hall–Kier alpha value is -1.34. The van der Waals surface area contributed by atoms with Crippen LogP contribution in [0.25, 0.3) is 0 Å². The van der Waals surface area contributed by atoms with Gasteiger partial charge < -0.3 is 24.7 Å². The van der Waals surface area contributed by atoms with Crippen LogP contribution in [0.15, 0.2) is 0 Å². The molecule has 0 aliphatic carbocycles. The van der Waals surface area contributed by atoms with Gasteiger partial charge in [-0.2, -0.15) is 0 Å². The number of amides is 2. The molecule has 20 heavy (non-hydrogen) atoms. The minimum atomic E-state index is -1.01. The molecule has 0 radical (unpaired) electrons. The fourth-order valence-corrected chi connectivity index (χ4v) is 2.39. The van der Waals surface area contributed by atoms with Gasteiger partial charge in [0.05, 0.1) is 6.10 Å². The number of hydrogen-bond acceptors (Lipinski definition) is 4. The second-order valence-electron chi connectivity index (χ2n) is 5.25. The number of urea groups is 1. The number of carboxylic acid groups (broad SMARTS) is 1. The summed E-state index contributed by atoms with van der Waals surface area (Å²) in [4.78, 5) is 26.7. The molecule has 0 aromatic heterocycles. The third kappa shape index (κ3) is 3.83. The van der Waals surface area contributed by atoms with Crippen LogP contribution in [0, 0.1) is 0 Å². The van der Waals surface area contributed by atoms with Gasteiger partial charge in [-0.25, -0.2) is 9.59 Å². The maximum Gasteiger partial charge on any atom is 0.326 e. The molecule has 0 aromatic rings. The fourth-order valence-electron chi connectivity index (χ4n) is 2.39. The number of carbonyl (C=O) groups is 2. The molecule has 0 bridgehead atoms. The van der Waals surface area contributed by atoms with Crippen LogP contribution in [-0.4, -0.2) is 77.0 Å². The van der Waals surface area contributed by atoms with Gasteiger partial charge in [-0.1, -0.05) is 0 Å². The van der Waals surface area contributed by atoms with Crippen LogP contribution in [0.3, 0.4) is 0 Å². The number of carbonyl (C=O) groups excluding carboxylic acids is 1. The molecule has 1 rings (SSSR count). The van der Waals surface area contributed by atoms with E-state index in [-0.39, 0.29) is 31.3 Å². The number of aliphatic hydroxyl groups excluding tert-OH is 1. The van der Waals surface area contributed by atoms with Gasteiger partial charge in [0.2, 0.25) is 0 Å². The molecule has 0 aromatic carbocycles. The standard InChI is InChI=1S/C13H24N2O5/c1-9(2)14(5-4-6-16)13(19)15-8-10(20-3)7-11(15)12(17)18/h9-11,16H,4-8H2,1-3H3,(H,17,18). The Bertz CT molecular complexity index is 348. The number of carboxylic acids is 1. The van der Waals surface area contributed by atoms with Crippen molar-refractivity contribution in [3.05, 3.63) is 0 Å². The van der Waals surface area contributed by atoms with E-state index in [4.69, 9.17) is 9.84 Å². The van der Waals surface area contributed by atoms with Gasteiger partial charge in [0.25, 0.3) is 0 Å². The summed E-state index contributed by atoms with van der Waals surface area (Å²) in [7, 11) is 1.52. The Morgan fingerprint density at radius 1 is 1.45 bits per heavy atom.